The molecule has 2 nitrogen and oxygen atoms in total. The highest BCUT2D eigenvalue weighted by Crippen LogP contribution is 2.47. The van der Waals surface area contributed by atoms with Gasteiger partial charge in [-0.1, -0.05) is 152 Å². The Morgan fingerprint density at radius 1 is 0.462 bits per heavy atom. The molecule has 1 aliphatic carbocycles. The zero-order chi connectivity index (χ0) is 34.4. The predicted molar refractivity (Wildman–Crippen MR) is 221 cm³/mol. The first-order valence-electron chi connectivity index (χ1n) is 18.1. The molecule has 8 aromatic carbocycles. The van der Waals surface area contributed by atoms with Crippen LogP contribution in [0.15, 0.2) is 193 Å². The molecule has 0 unspecified atom stereocenters. The van der Waals surface area contributed by atoms with Crippen LogP contribution in [0.1, 0.15) is 18.4 Å². The van der Waals surface area contributed by atoms with Gasteiger partial charge in [0.25, 0.3) is 0 Å². The minimum Gasteiger partial charge on any atom is -0.455 e. The van der Waals surface area contributed by atoms with Crippen LogP contribution in [-0.2, 0) is 0 Å². The second-order valence-electron chi connectivity index (χ2n) is 13.6. The van der Waals surface area contributed by atoms with Crippen molar-refractivity contribution < 1.29 is 4.42 Å². The quantitative estimate of drug-likeness (QED) is 0.176. The topological polar surface area (TPSA) is 16.4 Å². The second-order valence-corrected chi connectivity index (χ2v) is 13.6. The molecule has 0 atom stereocenters. The van der Waals surface area contributed by atoms with Crippen molar-refractivity contribution in [3.8, 4) is 22.3 Å². The number of fused-ring (bicyclic) bond motifs is 6. The maximum atomic E-state index is 6.78. The van der Waals surface area contributed by atoms with Crippen LogP contribution in [0, 0.1) is 0 Å². The molecule has 1 aromatic heterocycles. The van der Waals surface area contributed by atoms with Gasteiger partial charge >= 0.3 is 0 Å². The number of rotatable bonds is 6. The van der Waals surface area contributed by atoms with Gasteiger partial charge in [0.15, 0.2) is 0 Å². The molecule has 2 heteroatoms. The molecule has 0 aliphatic heterocycles. The summed E-state index contributed by atoms with van der Waals surface area (Å²) in [6.45, 7) is 0. The first kappa shape index (κ1) is 30.2. The monoisotopic (exact) mass is 665 g/mol. The van der Waals surface area contributed by atoms with Crippen molar-refractivity contribution in [2.45, 2.75) is 12.8 Å². The highest BCUT2D eigenvalue weighted by molar-refractivity contribution is 6.22. The number of anilines is 3. The fourth-order valence-electron chi connectivity index (χ4n) is 7.90. The van der Waals surface area contributed by atoms with Crippen LogP contribution < -0.4 is 4.90 Å². The lowest BCUT2D eigenvalue weighted by atomic mass is 9.94. The molecular formula is C50H35NO. The number of allylic oxidation sites excluding steroid dienone is 4. The largest absolute Gasteiger partial charge is 0.455 e. The first-order valence-corrected chi connectivity index (χ1v) is 18.1. The standard InChI is InChI=1S/C50H35NO/c1-3-12-34(13-4-1)37-22-24-39(25-23-37)43-20-11-21-48-49(43)46-33-47(44-18-9-10-19-45(44)50(46)52-48)51(42-31-28-36-16-7-8-17-40(36)32-42)41-29-26-38(27-30-41)35-14-5-2-6-15-35/h2-3,5-33H,1,4H2. The van der Waals surface area contributed by atoms with Crippen molar-refractivity contribution in [3.63, 3.8) is 0 Å². The Kier molecular flexibility index (Phi) is 7.32. The molecule has 0 N–H and O–H groups in total. The van der Waals surface area contributed by atoms with Crippen LogP contribution in [0.25, 0.3) is 71.3 Å². The van der Waals surface area contributed by atoms with E-state index >= 15 is 0 Å². The number of furan rings is 1. The molecule has 9 aromatic rings. The average molecular weight is 666 g/mol. The number of hydrogen-bond acceptors (Lipinski definition) is 2. The van der Waals surface area contributed by atoms with E-state index in [2.05, 4.69) is 193 Å². The van der Waals surface area contributed by atoms with Crippen molar-refractivity contribution in [1.82, 2.24) is 0 Å². The molecule has 0 bridgehead atoms. The van der Waals surface area contributed by atoms with Crippen LogP contribution in [0.5, 0.6) is 0 Å². The average Bonchev–Trinajstić information content (AvgIpc) is 3.61. The number of hydrogen-bond donors (Lipinski definition) is 0. The van der Waals surface area contributed by atoms with Gasteiger partial charge in [0.1, 0.15) is 11.2 Å². The summed E-state index contributed by atoms with van der Waals surface area (Å²) in [5.41, 5.74) is 12.4. The highest BCUT2D eigenvalue weighted by atomic mass is 16.3. The van der Waals surface area contributed by atoms with Gasteiger partial charge in [-0.25, -0.2) is 0 Å². The van der Waals surface area contributed by atoms with E-state index in [4.69, 9.17) is 4.42 Å². The first-order chi connectivity index (χ1) is 25.8. The summed E-state index contributed by atoms with van der Waals surface area (Å²) in [6, 6.07) is 61.3. The van der Waals surface area contributed by atoms with Gasteiger partial charge < -0.3 is 9.32 Å². The Morgan fingerprint density at radius 2 is 1.15 bits per heavy atom. The van der Waals surface area contributed by atoms with Crippen molar-refractivity contribution in [2.24, 2.45) is 0 Å². The third kappa shape index (κ3) is 5.20. The van der Waals surface area contributed by atoms with E-state index in [1.54, 1.807) is 0 Å². The minimum atomic E-state index is 0.890. The third-order valence-electron chi connectivity index (χ3n) is 10.5. The Labute approximate surface area is 303 Å². The van der Waals surface area contributed by atoms with E-state index in [1.807, 2.05) is 0 Å². The number of benzene rings is 8. The molecule has 1 heterocycles. The molecule has 0 spiro atoms. The molecule has 0 fully saturated rings. The molecule has 52 heavy (non-hydrogen) atoms. The highest BCUT2D eigenvalue weighted by Gasteiger charge is 2.22. The summed E-state index contributed by atoms with van der Waals surface area (Å²) >= 11 is 0. The van der Waals surface area contributed by atoms with Crippen LogP contribution in [0.2, 0.25) is 0 Å². The summed E-state index contributed by atoms with van der Waals surface area (Å²) < 4.78 is 6.78. The molecule has 10 rings (SSSR count). The zero-order valence-corrected chi connectivity index (χ0v) is 28.7. The van der Waals surface area contributed by atoms with Crippen LogP contribution in [0.4, 0.5) is 17.1 Å². The lowest BCUT2D eigenvalue weighted by Gasteiger charge is -2.27. The molecule has 246 valence electrons. The van der Waals surface area contributed by atoms with Gasteiger partial charge in [-0.2, -0.15) is 0 Å². The molecule has 0 saturated carbocycles. The van der Waals surface area contributed by atoms with Gasteiger partial charge in [-0.15, -0.1) is 0 Å². The van der Waals surface area contributed by atoms with Crippen molar-refractivity contribution >= 4 is 66.1 Å². The smallest absolute Gasteiger partial charge is 0.143 e. The third-order valence-corrected chi connectivity index (χ3v) is 10.5. The van der Waals surface area contributed by atoms with E-state index in [1.165, 1.54) is 44.2 Å². The summed E-state index contributed by atoms with van der Waals surface area (Å²) in [4.78, 5) is 2.41. The van der Waals surface area contributed by atoms with Crippen molar-refractivity contribution in [3.05, 3.63) is 194 Å². The second kappa shape index (κ2) is 12.6. The van der Waals surface area contributed by atoms with E-state index in [-0.39, 0.29) is 0 Å². The van der Waals surface area contributed by atoms with Crippen molar-refractivity contribution in [1.29, 1.82) is 0 Å². The lowest BCUT2D eigenvalue weighted by Crippen LogP contribution is -2.10. The lowest BCUT2D eigenvalue weighted by molar-refractivity contribution is 0.673. The Morgan fingerprint density at radius 3 is 1.96 bits per heavy atom. The zero-order valence-electron chi connectivity index (χ0n) is 28.7. The Bertz CT molecular complexity index is 2820. The van der Waals surface area contributed by atoms with Gasteiger partial charge in [0.2, 0.25) is 0 Å². The maximum absolute atomic E-state index is 6.78. The van der Waals surface area contributed by atoms with Crippen LogP contribution in [0.3, 0.4) is 0 Å². The molecule has 1 aliphatic rings. The predicted octanol–water partition coefficient (Wildman–Crippen LogP) is 14.4. The summed E-state index contributed by atoms with van der Waals surface area (Å²) in [7, 11) is 0. The van der Waals surface area contributed by atoms with Crippen LogP contribution >= 0.6 is 0 Å². The van der Waals surface area contributed by atoms with Crippen molar-refractivity contribution in [2.75, 3.05) is 4.90 Å². The summed E-state index contributed by atoms with van der Waals surface area (Å²) in [5.74, 6) is 0. The number of nitrogens with zero attached hydrogens (tertiary/aromatic N) is 1. The van der Waals surface area contributed by atoms with Crippen LogP contribution in [-0.4, -0.2) is 0 Å². The van der Waals surface area contributed by atoms with Gasteiger partial charge in [-0.05, 0) is 93.4 Å². The summed E-state index contributed by atoms with van der Waals surface area (Å²) in [6.07, 6.45) is 9.06. The molecule has 0 amide bonds. The Balaban J connectivity index is 1.20. The van der Waals surface area contributed by atoms with E-state index in [0.717, 1.165) is 62.6 Å². The van der Waals surface area contributed by atoms with E-state index in [0.29, 0.717) is 0 Å². The fraction of sp³-hybridized carbons (Fsp3) is 0.0400. The molecular weight excluding hydrogens is 631 g/mol. The van der Waals surface area contributed by atoms with E-state index < -0.39 is 0 Å². The van der Waals surface area contributed by atoms with Gasteiger partial charge in [0, 0.05) is 32.9 Å². The van der Waals surface area contributed by atoms with Gasteiger partial charge in [-0.3, -0.25) is 0 Å². The molecule has 0 radical (unpaired) electrons. The Hall–Kier alpha value is -6.64. The molecule has 0 saturated heterocycles. The SMILES string of the molecule is C1=CC(c2ccc(-c3cccc4oc5c6ccccc6c(N(c6ccc(-c7ccccc7)cc6)c6ccc7ccccc7c6)cc5c34)cc2)=CCC1. The summed E-state index contributed by atoms with van der Waals surface area (Å²) in [5, 5.41) is 6.89. The van der Waals surface area contributed by atoms with Gasteiger partial charge in [0.05, 0.1) is 5.69 Å². The fourth-order valence-corrected chi connectivity index (χ4v) is 7.90. The minimum absolute atomic E-state index is 0.890. The maximum Gasteiger partial charge on any atom is 0.143 e. The normalized spacial score (nSPS) is 12.9. The van der Waals surface area contributed by atoms with E-state index in [9.17, 15) is 0 Å².